The fourth-order valence-electron chi connectivity index (χ4n) is 4.44. The maximum absolute atomic E-state index is 12.9. The average Bonchev–Trinajstić information content (AvgIpc) is 2.45. The number of piperidine rings is 1. The van der Waals surface area contributed by atoms with E-state index in [1.807, 2.05) is 0 Å². The Morgan fingerprint density at radius 1 is 1.15 bits per heavy atom. The number of hydrogen-bond donors (Lipinski definition) is 1. The first-order valence-electron chi connectivity index (χ1n) is 8.41. The molecule has 3 fully saturated rings. The van der Waals surface area contributed by atoms with E-state index in [1.54, 1.807) is 0 Å². The average molecular weight is 279 g/mol. The van der Waals surface area contributed by atoms with Crippen molar-refractivity contribution in [1.82, 2.24) is 9.80 Å². The highest BCUT2D eigenvalue weighted by Gasteiger charge is 2.42. The number of hydrogen-bond acceptors (Lipinski definition) is 3. The van der Waals surface area contributed by atoms with Crippen LogP contribution in [0.15, 0.2) is 0 Å². The van der Waals surface area contributed by atoms with Gasteiger partial charge in [0.1, 0.15) is 0 Å². The zero-order valence-electron chi connectivity index (χ0n) is 12.8. The number of carbonyl (C=O) groups is 1. The minimum absolute atomic E-state index is 0.231. The lowest BCUT2D eigenvalue weighted by Crippen LogP contribution is -2.63. The molecular formula is C16H29N3O. The molecule has 3 unspecified atom stereocenters. The molecule has 0 aromatic rings. The fraction of sp³-hybridized carbons (Fsp3) is 0.938. The molecule has 114 valence electrons. The van der Waals surface area contributed by atoms with Crippen molar-refractivity contribution >= 4 is 5.91 Å². The van der Waals surface area contributed by atoms with Crippen LogP contribution >= 0.6 is 0 Å². The van der Waals surface area contributed by atoms with Crippen molar-refractivity contribution in [3.63, 3.8) is 0 Å². The van der Waals surface area contributed by atoms with Gasteiger partial charge in [-0.15, -0.1) is 0 Å². The van der Waals surface area contributed by atoms with E-state index in [0.29, 0.717) is 12.0 Å². The quantitative estimate of drug-likeness (QED) is 0.793. The second kappa shape index (κ2) is 5.64. The Balaban J connectivity index is 1.65. The third-order valence-corrected chi connectivity index (χ3v) is 5.58. The van der Waals surface area contributed by atoms with Crippen LogP contribution in [0.2, 0.25) is 0 Å². The van der Waals surface area contributed by atoms with Gasteiger partial charge in [-0.2, -0.15) is 0 Å². The number of fused-ring (bicyclic) bond motifs is 1. The Labute approximate surface area is 122 Å². The molecule has 3 aliphatic rings. The fourth-order valence-corrected chi connectivity index (χ4v) is 4.44. The van der Waals surface area contributed by atoms with E-state index in [2.05, 4.69) is 16.7 Å². The lowest BCUT2D eigenvalue weighted by Gasteiger charge is -2.47. The summed E-state index contributed by atoms with van der Waals surface area (Å²) >= 11 is 0. The molecule has 4 nitrogen and oxygen atoms in total. The van der Waals surface area contributed by atoms with Crippen LogP contribution in [0.3, 0.4) is 0 Å². The zero-order chi connectivity index (χ0) is 14.2. The number of nitrogens with two attached hydrogens (primary N) is 1. The molecule has 2 heterocycles. The standard InChI is InChI=1S/C16H29N3O/c1-13-5-4-7-16(17,11-13)15(20)19-10-9-18-8-3-2-6-14(18)12-19/h13-14H,2-12,17H2,1H3. The number of carbonyl (C=O) groups excluding carboxylic acids is 1. The van der Waals surface area contributed by atoms with Crippen LogP contribution in [0.5, 0.6) is 0 Å². The smallest absolute Gasteiger partial charge is 0.242 e. The summed E-state index contributed by atoms with van der Waals surface area (Å²) < 4.78 is 0. The SMILES string of the molecule is CC1CCCC(N)(C(=O)N2CCN3CCCCC3C2)C1. The highest BCUT2D eigenvalue weighted by Crippen LogP contribution is 2.33. The molecule has 0 radical (unpaired) electrons. The van der Waals surface area contributed by atoms with Gasteiger partial charge < -0.3 is 10.6 Å². The summed E-state index contributed by atoms with van der Waals surface area (Å²) in [6.45, 7) is 6.28. The van der Waals surface area contributed by atoms with Crippen molar-refractivity contribution in [3.8, 4) is 0 Å². The van der Waals surface area contributed by atoms with E-state index in [-0.39, 0.29) is 5.91 Å². The molecule has 20 heavy (non-hydrogen) atoms. The molecule has 1 amide bonds. The second-order valence-electron chi connectivity index (χ2n) is 7.29. The largest absolute Gasteiger partial charge is 0.338 e. The van der Waals surface area contributed by atoms with Crippen LogP contribution in [0, 0.1) is 5.92 Å². The van der Waals surface area contributed by atoms with Crippen LogP contribution in [-0.4, -0.2) is 53.5 Å². The summed E-state index contributed by atoms with van der Waals surface area (Å²) in [5.74, 6) is 0.822. The van der Waals surface area contributed by atoms with Crippen LogP contribution < -0.4 is 5.73 Å². The van der Waals surface area contributed by atoms with E-state index in [9.17, 15) is 4.79 Å². The van der Waals surface area contributed by atoms with Crippen molar-refractivity contribution in [3.05, 3.63) is 0 Å². The summed E-state index contributed by atoms with van der Waals surface area (Å²) in [7, 11) is 0. The molecule has 0 bridgehead atoms. The van der Waals surface area contributed by atoms with Crippen LogP contribution in [0.4, 0.5) is 0 Å². The Hall–Kier alpha value is -0.610. The van der Waals surface area contributed by atoms with Crippen molar-refractivity contribution in [2.45, 2.75) is 63.5 Å². The minimum atomic E-state index is -0.575. The normalized spacial score (nSPS) is 39.4. The highest BCUT2D eigenvalue weighted by atomic mass is 16.2. The first-order chi connectivity index (χ1) is 9.58. The van der Waals surface area contributed by atoms with Crippen LogP contribution in [0.1, 0.15) is 51.9 Å². The third kappa shape index (κ3) is 2.73. The number of nitrogens with zero attached hydrogens (tertiary/aromatic N) is 2. The molecule has 2 N–H and O–H groups in total. The number of amides is 1. The molecule has 0 aromatic heterocycles. The van der Waals surface area contributed by atoms with Crippen molar-refractivity contribution < 1.29 is 4.79 Å². The van der Waals surface area contributed by atoms with Gasteiger partial charge in [-0.1, -0.05) is 26.2 Å². The lowest BCUT2D eigenvalue weighted by atomic mass is 9.76. The van der Waals surface area contributed by atoms with E-state index in [1.165, 1.54) is 32.2 Å². The Bertz CT molecular complexity index is 373. The third-order valence-electron chi connectivity index (χ3n) is 5.58. The topological polar surface area (TPSA) is 49.6 Å². The van der Waals surface area contributed by atoms with E-state index in [4.69, 9.17) is 5.73 Å². The van der Waals surface area contributed by atoms with Crippen LogP contribution in [0.25, 0.3) is 0 Å². The highest BCUT2D eigenvalue weighted by molar-refractivity contribution is 5.86. The first-order valence-corrected chi connectivity index (χ1v) is 8.41. The van der Waals surface area contributed by atoms with E-state index in [0.717, 1.165) is 38.9 Å². The molecule has 0 aromatic carbocycles. The molecule has 1 aliphatic carbocycles. The predicted octanol–water partition coefficient (Wildman–Crippen LogP) is 1.59. The summed E-state index contributed by atoms with van der Waals surface area (Å²) in [5.41, 5.74) is 5.91. The van der Waals surface area contributed by atoms with Gasteiger partial charge in [0.05, 0.1) is 5.54 Å². The lowest BCUT2D eigenvalue weighted by molar-refractivity contribution is -0.142. The summed E-state index contributed by atoms with van der Waals surface area (Å²) in [6, 6.07) is 0.589. The molecule has 3 atom stereocenters. The Kier molecular flexibility index (Phi) is 4.04. The molecule has 2 saturated heterocycles. The number of piperazine rings is 1. The summed E-state index contributed by atoms with van der Waals surface area (Å²) in [4.78, 5) is 17.5. The molecule has 4 heteroatoms. The first kappa shape index (κ1) is 14.3. The maximum Gasteiger partial charge on any atom is 0.242 e. The minimum Gasteiger partial charge on any atom is -0.338 e. The van der Waals surface area contributed by atoms with Gasteiger partial charge in [-0.25, -0.2) is 0 Å². The van der Waals surface area contributed by atoms with Crippen molar-refractivity contribution in [1.29, 1.82) is 0 Å². The zero-order valence-corrected chi connectivity index (χ0v) is 12.8. The van der Waals surface area contributed by atoms with E-state index < -0.39 is 5.54 Å². The van der Waals surface area contributed by atoms with Crippen molar-refractivity contribution in [2.75, 3.05) is 26.2 Å². The molecule has 1 saturated carbocycles. The summed E-state index contributed by atoms with van der Waals surface area (Å²) in [6.07, 6.45) is 7.96. The van der Waals surface area contributed by atoms with E-state index >= 15 is 0 Å². The molecular weight excluding hydrogens is 250 g/mol. The van der Waals surface area contributed by atoms with Crippen LogP contribution in [-0.2, 0) is 4.79 Å². The Morgan fingerprint density at radius 3 is 2.80 bits per heavy atom. The van der Waals surface area contributed by atoms with Gasteiger partial charge in [0.2, 0.25) is 5.91 Å². The number of rotatable bonds is 1. The van der Waals surface area contributed by atoms with Gasteiger partial charge in [0, 0.05) is 25.7 Å². The predicted molar refractivity (Wildman–Crippen MR) is 80.3 cm³/mol. The van der Waals surface area contributed by atoms with Gasteiger partial charge in [0.25, 0.3) is 0 Å². The maximum atomic E-state index is 12.9. The monoisotopic (exact) mass is 279 g/mol. The molecule has 3 rings (SSSR count). The molecule has 0 spiro atoms. The Morgan fingerprint density at radius 2 is 2.00 bits per heavy atom. The van der Waals surface area contributed by atoms with Gasteiger partial charge >= 0.3 is 0 Å². The molecule has 2 aliphatic heterocycles. The second-order valence-corrected chi connectivity index (χ2v) is 7.29. The van der Waals surface area contributed by atoms with Crippen molar-refractivity contribution in [2.24, 2.45) is 11.7 Å². The summed E-state index contributed by atoms with van der Waals surface area (Å²) in [5, 5.41) is 0. The van der Waals surface area contributed by atoms with Gasteiger partial charge in [-0.3, -0.25) is 9.69 Å². The van der Waals surface area contributed by atoms with Gasteiger partial charge in [0.15, 0.2) is 0 Å². The van der Waals surface area contributed by atoms with Gasteiger partial charge in [-0.05, 0) is 38.1 Å².